The van der Waals surface area contributed by atoms with Gasteiger partial charge in [-0.1, -0.05) is 78.6 Å². The molecule has 9 heteroatoms. The monoisotopic (exact) mass is 631 g/mol. The first-order chi connectivity index (χ1) is 21.9. The van der Waals surface area contributed by atoms with E-state index in [0.29, 0.717) is 24.6 Å². The Labute approximate surface area is 271 Å². The SMILES string of the molecule is CCCCCCN(CCCN(CCCCCC)Cc1occc(=O)c1O)CCCN(CCCCCC)Cc1occc(=O)c1O. The van der Waals surface area contributed by atoms with Gasteiger partial charge in [-0.3, -0.25) is 19.4 Å². The van der Waals surface area contributed by atoms with Crippen molar-refractivity contribution in [1.82, 2.24) is 14.7 Å². The Bertz CT molecular complexity index is 1070. The Balaban J connectivity index is 2.00. The number of hydrogen-bond acceptors (Lipinski definition) is 9. The summed E-state index contributed by atoms with van der Waals surface area (Å²) in [6.07, 6.45) is 18.9. The zero-order valence-electron chi connectivity index (χ0n) is 28.4. The predicted molar refractivity (Wildman–Crippen MR) is 182 cm³/mol. The lowest BCUT2D eigenvalue weighted by molar-refractivity contribution is 0.185. The van der Waals surface area contributed by atoms with Crippen molar-refractivity contribution in [2.45, 2.75) is 124 Å². The van der Waals surface area contributed by atoms with Crippen LogP contribution in [-0.4, -0.2) is 70.7 Å². The molecule has 0 atom stereocenters. The summed E-state index contributed by atoms with van der Waals surface area (Å²) in [6, 6.07) is 2.51. The van der Waals surface area contributed by atoms with Gasteiger partial charge in [-0.05, 0) is 77.9 Å². The average molecular weight is 632 g/mol. The van der Waals surface area contributed by atoms with Crippen LogP contribution in [0.1, 0.15) is 122 Å². The van der Waals surface area contributed by atoms with Crippen molar-refractivity contribution in [2.75, 3.05) is 45.8 Å². The fraction of sp³-hybridized carbons (Fsp3) is 0.722. The molecular formula is C36H61N3O6. The summed E-state index contributed by atoms with van der Waals surface area (Å²) >= 11 is 0. The molecule has 0 aromatic carbocycles. The molecule has 2 rings (SSSR count). The van der Waals surface area contributed by atoms with Gasteiger partial charge in [-0.25, -0.2) is 0 Å². The van der Waals surface area contributed by atoms with Gasteiger partial charge in [0.2, 0.25) is 22.4 Å². The molecule has 9 nitrogen and oxygen atoms in total. The maximum absolute atomic E-state index is 12.0. The van der Waals surface area contributed by atoms with Crippen molar-refractivity contribution in [3.63, 3.8) is 0 Å². The Kier molecular flexibility index (Phi) is 20.3. The van der Waals surface area contributed by atoms with E-state index in [2.05, 4.69) is 35.5 Å². The van der Waals surface area contributed by atoms with Gasteiger partial charge in [0.1, 0.15) is 0 Å². The summed E-state index contributed by atoms with van der Waals surface area (Å²) in [5.41, 5.74) is -0.797. The molecule has 0 bridgehead atoms. The first kappa shape index (κ1) is 38.6. The third-order valence-electron chi connectivity index (χ3n) is 8.47. The summed E-state index contributed by atoms with van der Waals surface area (Å²) in [4.78, 5) is 31.1. The topological polar surface area (TPSA) is 111 Å². The van der Waals surface area contributed by atoms with Gasteiger partial charge in [0, 0.05) is 12.1 Å². The highest BCUT2D eigenvalue weighted by Crippen LogP contribution is 2.17. The first-order valence-corrected chi connectivity index (χ1v) is 17.7. The van der Waals surface area contributed by atoms with E-state index in [-0.39, 0.29) is 11.5 Å². The molecule has 0 aliphatic carbocycles. The number of nitrogens with zero attached hydrogens (tertiary/aromatic N) is 3. The molecule has 256 valence electrons. The van der Waals surface area contributed by atoms with E-state index >= 15 is 0 Å². The standard InChI is InChI=1S/C36H61N3O6/c1-4-7-10-13-20-37(23-16-25-38(21-14-11-8-5-2)29-33-35(42)31(40)18-27-44-33)24-17-26-39(22-15-12-9-6-3)30-34-36(43)32(41)19-28-45-34/h18-19,27-28,42-43H,4-17,20-26,29-30H2,1-3H3. The van der Waals surface area contributed by atoms with E-state index in [9.17, 15) is 19.8 Å². The lowest BCUT2D eigenvalue weighted by Gasteiger charge is -2.27. The van der Waals surface area contributed by atoms with Crippen LogP contribution < -0.4 is 10.9 Å². The Morgan fingerprint density at radius 1 is 0.489 bits per heavy atom. The Hall–Kier alpha value is -2.62. The van der Waals surface area contributed by atoms with Crippen LogP contribution in [0.4, 0.5) is 0 Å². The fourth-order valence-corrected chi connectivity index (χ4v) is 5.73. The summed E-state index contributed by atoms with van der Waals surface area (Å²) in [7, 11) is 0. The molecule has 0 saturated carbocycles. The van der Waals surface area contributed by atoms with Gasteiger partial charge in [0.05, 0.1) is 25.6 Å². The van der Waals surface area contributed by atoms with E-state index < -0.39 is 10.9 Å². The van der Waals surface area contributed by atoms with Gasteiger partial charge < -0.3 is 23.9 Å². The van der Waals surface area contributed by atoms with Gasteiger partial charge in [0.25, 0.3) is 0 Å². The zero-order chi connectivity index (χ0) is 32.7. The molecule has 2 aromatic rings. The van der Waals surface area contributed by atoms with Gasteiger partial charge >= 0.3 is 0 Å². The molecule has 0 aliphatic rings. The summed E-state index contributed by atoms with van der Waals surface area (Å²) in [5.74, 6) is 0.120. The molecular weight excluding hydrogens is 570 g/mol. The van der Waals surface area contributed by atoms with Crippen LogP contribution in [0.5, 0.6) is 11.5 Å². The third-order valence-corrected chi connectivity index (χ3v) is 8.47. The minimum absolute atomic E-state index is 0.282. The quantitative estimate of drug-likeness (QED) is 0.0995. The van der Waals surface area contributed by atoms with Crippen molar-refractivity contribution in [3.8, 4) is 11.5 Å². The van der Waals surface area contributed by atoms with Crippen molar-refractivity contribution >= 4 is 0 Å². The maximum atomic E-state index is 12.0. The largest absolute Gasteiger partial charge is 0.502 e. The van der Waals surface area contributed by atoms with Crippen LogP contribution in [-0.2, 0) is 13.1 Å². The van der Waals surface area contributed by atoms with E-state index in [1.807, 2.05) is 0 Å². The van der Waals surface area contributed by atoms with Crippen molar-refractivity contribution < 1.29 is 19.0 Å². The second kappa shape index (κ2) is 23.7. The molecule has 45 heavy (non-hydrogen) atoms. The molecule has 2 N–H and O–H groups in total. The molecule has 0 fully saturated rings. The van der Waals surface area contributed by atoms with Crippen LogP contribution in [0.15, 0.2) is 43.1 Å². The van der Waals surface area contributed by atoms with Crippen molar-refractivity contribution in [1.29, 1.82) is 0 Å². The Morgan fingerprint density at radius 3 is 1.20 bits per heavy atom. The zero-order valence-corrected chi connectivity index (χ0v) is 28.4. The fourth-order valence-electron chi connectivity index (χ4n) is 5.73. The van der Waals surface area contributed by atoms with Crippen LogP contribution in [0, 0.1) is 0 Å². The normalized spacial score (nSPS) is 11.8. The summed E-state index contributed by atoms with van der Waals surface area (Å²) < 4.78 is 11.1. The molecule has 0 aliphatic heterocycles. The second-order valence-electron chi connectivity index (χ2n) is 12.4. The highest BCUT2D eigenvalue weighted by Gasteiger charge is 2.16. The molecule has 0 spiro atoms. The first-order valence-electron chi connectivity index (χ1n) is 17.7. The molecule has 0 unspecified atom stereocenters. The number of hydrogen-bond donors (Lipinski definition) is 2. The number of unbranched alkanes of at least 4 members (excludes halogenated alkanes) is 9. The summed E-state index contributed by atoms with van der Waals surface area (Å²) in [5, 5.41) is 20.5. The van der Waals surface area contributed by atoms with Crippen LogP contribution in [0.3, 0.4) is 0 Å². The highest BCUT2D eigenvalue weighted by atomic mass is 16.4. The predicted octanol–water partition coefficient (Wildman–Crippen LogP) is 7.13. The van der Waals surface area contributed by atoms with Gasteiger partial charge in [-0.2, -0.15) is 0 Å². The third kappa shape index (κ3) is 16.0. The molecule has 0 amide bonds. The van der Waals surface area contributed by atoms with Crippen molar-refractivity contribution in [3.05, 3.63) is 56.6 Å². The van der Waals surface area contributed by atoms with E-state index in [0.717, 1.165) is 71.5 Å². The van der Waals surface area contributed by atoms with Crippen LogP contribution in [0.25, 0.3) is 0 Å². The minimum atomic E-state index is -0.399. The van der Waals surface area contributed by atoms with E-state index in [1.54, 1.807) is 0 Å². The highest BCUT2D eigenvalue weighted by molar-refractivity contribution is 5.23. The average Bonchev–Trinajstić information content (AvgIpc) is 3.03. The maximum Gasteiger partial charge on any atom is 0.226 e. The lowest BCUT2D eigenvalue weighted by Crippen LogP contribution is -2.34. The number of rotatable bonds is 27. The molecule has 2 heterocycles. The van der Waals surface area contributed by atoms with Crippen LogP contribution in [0.2, 0.25) is 0 Å². The smallest absolute Gasteiger partial charge is 0.226 e. The van der Waals surface area contributed by atoms with Crippen molar-refractivity contribution in [2.24, 2.45) is 0 Å². The lowest BCUT2D eigenvalue weighted by atomic mass is 10.1. The minimum Gasteiger partial charge on any atom is -0.502 e. The molecule has 0 saturated heterocycles. The van der Waals surface area contributed by atoms with E-state index in [1.165, 1.54) is 88.9 Å². The van der Waals surface area contributed by atoms with Crippen LogP contribution >= 0.6 is 0 Å². The summed E-state index contributed by atoms with van der Waals surface area (Å²) in [6.45, 7) is 14.1. The number of aromatic hydroxyl groups is 2. The van der Waals surface area contributed by atoms with Gasteiger partial charge in [-0.15, -0.1) is 0 Å². The molecule has 0 radical (unpaired) electrons. The molecule has 2 aromatic heterocycles. The Morgan fingerprint density at radius 2 is 0.822 bits per heavy atom. The second-order valence-corrected chi connectivity index (χ2v) is 12.4. The van der Waals surface area contributed by atoms with Gasteiger partial charge in [0.15, 0.2) is 11.5 Å². The van der Waals surface area contributed by atoms with E-state index in [4.69, 9.17) is 8.83 Å².